The molecule has 1 aromatic carbocycles. The van der Waals surface area contributed by atoms with E-state index in [1.165, 1.54) is 12.8 Å². The zero-order valence-electron chi connectivity index (χ0n) is 13.9. The third-order valence-corrected chi connectivity index (χ3v) is 4.55. The molecule has 128 valence electrons. The second-order valence-corrected chi connectivity index (χ2v) is 6.31. The highest BCUT2D eigenvalue weighted by Crippen LogP contribution is 2.25. The van der Waals surface area contributed by atoms with Gasteiger partial charge in [0.05, 0.1) is 17.4 Å². The Morgan fingerprint density at radius 1 is 1.24 bits per heavy atom. The first-order valence-electron chi connectivity index (χ1n) is 8.61. The fraction of sp³-hybridized carbons (Fsp3) is 0.316. The number of fused-ring (bicyclic) bond motifs is 1. The van der Waals surface area contributed by atoms with Gasteiger partial charge in [-0.3, -0.25) is 4.79 Å². The lowest BCUT2D eigenvalue weighted by atomic mass is 10.2. The highest BCUT2D eigenvalue weighted by atomic mass is 16.5. The van der Waals surface area contributed by atoms with Crippen LogP contribution < -0.4 is 10.1 Å². The standard InChI is InChI=1S/C19H20N4O2/c24-18(13-7-8-16-17(10-13)23-12-22-16)21-11-14-4-3-9-20-19(14)25-15-5-1-2-6-15/h3-4,7-10,12,15H,1-2,5-6,11H2,(H,21,24)(H,22,23). The fourth-order valence-electron chi connectivity index (χ4n) is 3.18. The average Bonchev–Trinajstić information content (AvgIpc) is 3.31. The first-order chi connectivity index (χ1) is 12.3. The van der Waals surface area contributed by atoms with Gasteiger partial charge in [-0.25, -0.2) is 9.97 Å². The molecule has 4 rings (SSSR count). The average molecular weight is 336 g/mol. The largest absolute Gasteiger partial charge is 0.474 e. The molecule has 6 heteroatoms. The van der Waals surface area contributed by atoms with E-state index in [0.29, 0.717) is 18.0 Å². The second kappa shape index (κ2) is 6.93. The third-order valence-electron chi connectivity index (χ3n) is 4.55. The monoisotopic (exact) mass is 336 g/mol. The number of aromatic amines is 1. The van der Waals surface area contributed by atoms with E-state index in [-0.39, 0.29) is 12.0 Å². The number of nitrogens with zero attached hydrogens (tertiary/aromatic N) is 2. The molecule has 2 N–H and O–H groups in total. The van der Waals surface area contributed by atoms with E-state index in [4.69, 9.17) is 4.74 Å². The zero-order chi connectivity index (χ0) is 17.1. The number of ether oxygens (including phenoxy) is 1. The van der Waals surface area contributed by atoms with Crippen molar-refractivity contribution < 1.29 is 9.53 Å². The molecule has 0 aliphatic heterocycles. The molecule has 1 aliphatic carbocycles. The number of hydrogen-bond acceptors (Lipinski definition) is 4. The number of pyridine rings is 1. The van der Waals surface area contributed by atoms with E-state index in [1.54, 1.807) is 24.7 Å². The Morgan fingerprint density at radius 2 is 2.12 bits per heavy atom. The van der Waals surface area contributed by atoms with Crippen LogP contribution in [0.5, 0.6) is 5.88 Å². The topological polar surface area (TPSA) is 79.9 Å². The molecule has 1 fully saturated rings. The van der Waals surface area contributed by atoms with Crippen LogP contribution >= 0.6 is 0 Å². The van der Waals surface area contributed by atoms with Gasteiger partial charge in [-0.2, -0.15) is 0 Å². The summed E-state index contributed by atoms with van der Waals surface area (Å²) >= 11 is 0. The van der Waals surface area contributed by atoms with Crippen molar-refractivity contribution in [2.45, 2.75) is 38.3 Å². The summed E-state index contributed by atoms with van der Waals surface area (Å²) in [5, 5.41) is 2.94. The fourth-order valence-corrected chi connectivity index (χ4v) is 3.18. The summed E-state index contributed by atoms with van der Waals surface area (Å²) in [6.07, 6.45) is 8.15. The Kier molecular flexibility index (Phi) is 4.33. The summed E-state index contributed by atoms with van der Waals surface area (Å²) in [6.45, 7) is 0.385. The number of amides is 1. The first kappa shape index (κ1) is 15.6. The van der Waals surface area contributed by atoms with Crippen molar-refractivity contribution in [2.24, 2.45) is 0 Å². The van der Waals surface area contributed by atoms with Crippen molar-refractivity contribution in [3.8, 4) is 5.88 Å². The lowest BCUT2D eigenvalue weighted by molar-refractivity contribution is 0.0950. The maximum Gasteiger partial charge on any atom is 0.251 e. The van der Waals surface area contributed by atoms with Gasteiger partial charge in [0.25, 0.3) is 5.91 Å². The van der Waals surface area contributed by atoms with Crippen LogP contribution in [0.1, 0.15) is 41.6 Å². The van der Waals surface area contributed by atoms with Crippen molar-refractivity contribution in [1.82, 2.24) is 20.3 Å². The molecule has 1 aliphatic rings. The van der Waals surface area contributed by atoms with Gasteiger partial charge in [-0.1, -0.05) is 6.07 Å². The van der Waals surface area contributed by atoms with Gasteiger partial charge in [0.2, 0.25) is 5.88 Å². The summed E-state index contributed by atoms with van der Waals surface area (Å²) in [7, 11) is 0. The molecule has 2 heterocycles. The molecule has 1 amide bonds. The maximum absolute atomic E-state index is 12.4. The van der Waals surface area contributed by atoms with E-state index in [1.807, 2.05) is 18.2 Å². The predicted octanol–water partition coefficient (Wildman–Crippen LogP) is 3.21. The van der Waals surface area contributed by atoms with Gasteiger partial charge in [-0.05, 0) is 49.9 Å². The van der Waals surface area contributed by atoms with Gasteiger partial charge in [0, 0.05) is 23.9 Å². The molecule has 3 aromatic rings. The van der Waals surface area contributed by atoms with Crippen molar-refractivity contribution in [2.75, 3.05) is 0 Å². The minimum atomic E-state index is -0.132. The van der Waals surface area contributed by atoms with Gasteiger partial charge < -0.3 is 15.0 Å². The van der Waals surface area contributed by atoms with E-state index in [2.05, 4.69) is 20.3 Å². The molecule has 0 unspecified atom stereocenters. The van der Waals surface area contributed by atoms with E-state index < -0.39 is 0 Å². The van der Waals surface area contributed by atoms with Gasteiger partial charge in [0.15, 0.2) is 0 Å². The Hall–Kier alpha value is -2.89. The Morgan fingerprint density at radius 3 is 3.00 bits per heavy atom. The summed E-state index contributed by atoms with van der Waals surface area (Å²) < 4.78 is 6.02. The highest BCUT2D eigenvalue weighted by molar-refractivity contribution is 5.97. The molecule has 0 saturated heterocycles. The van der Waals surface area contributed by atoms with Crippen molar-refractivity contribution in [3.63, 3.8) is 0 Å². The lowest BCUT2D eigenvalue weighted by Gasteiger charge is -2.15. The number of carbonyl (C=O) groups is 1. The van der Waals surface area contributed by atoms with E-state index >= 15 is 0 Å². The number of imidazole rings is 1. The number of H-pyrrole nitrogens is 1. The summed E-state index contributed by atoms with van der Waals surface area (Å²) in [5.41, 5.74) is 3.18. The third kappa shape index (κ3) is 3.47. The van der Waals surface area contributed by atoms with E-state index in [0.717, 1.165) is 29.4 Å². The van der Waals surface area contributed by atoms with Crippen LogP contribution in [0.25, 0.3) is 11.0 Å². The van der Waals surface area contributed by atoms with Gasteiger partial charge >= 0.3 is 0 Å². The van der Waals surface area contributed by atoms with Crippen molar-refractivity contribution >= 4 is 16.9 Å². The predicted molar refractivity (Wildman–Crippen MR) is 94.4 cm³/mol. The maximum atomic E-state index is 12.4. The molecule has 0 bridgehead atoms. The molecule has 1 saturated carbocycles. The smallest absolute Gasteiger partial charge is 0.251 e. The highest BCUT2D eigenvalue weighted by Gasteiger charge is 2.18. The van der Waals surface area contributed by atoms with E-state index in [9.17, 15) is 4.79 Å². The molecule has 0 atom stereocenters. The first-order valence-corrected chi connectivity index (χ1v) is 8.61. The molecule has 6 nitrogen and oxygen atoms in total. The van der Waals surface area contributed by atoms with Crippen LogP contribution in [-0.4, -0.2) is 27.0 Å². The SMILES string of the molecule is O=C(NCc1cccnc1OC1CCCC1)c1ccc2nc[nH]c2c1. The number of aromatic nitrogens is 3. The second-order valence-electron chi connectivity index (χ2n) is 6.31. The number of carbonyl (C=O) groups excluding carboxylic acids is 1. The molecule has 25 heavy (non-hydrogen) atoms. The van der Waals surface area contributed by atoms with Crippen LogP contribution in [0.4, 0.5) is 0 Å². The molecule has 2 aromatic heterocycles. The van der Waals surface area contributed by atoms with Crippen LogP contribution in [0.15, 0.2) is 42.9 Å². The summed E-state index contributed by atoms with van der Waals surface area (Å²) in [6, 6.07) is 9.21. The number of benzene rings is 1. The summed E-state index contributed by atoms with van der Waals surface area (Å²) in [4.78, 5) is 24.0. The van der Waals surface area contributed by atoms with Crippen LogP contribution in [0, 0.1) is 0 Å². The number of hydrogen-bond donors (Lipinski definition) is 2. The van der Waals surface area contributed by atoms with Crippen molar-refractivity contribution in [1.29, 1.82) is 0 Å². The number of rotatable bonds is 5. The minimum Gasteiger partial charge on any atom is -0.474 e. The normalized spacial score (nSPS) is 14.7. The zero-order valence-corrected chi connectivity index (χ0v) is 13.9. The Labute approximate surface area is 145 Å². The molecule has 0 radical (unpaired) electrons. The Balaban J connectivity index is 1.44. The quantitative estimate of drug-likeness (QED) is 0.750. The molecule has 0 spiro atoms. The van der Waals surface area contributed by atoms with Gasteiger partial charge in [0.1, 0.15) is 6.10 Å². The minimum absolute atomic E-state index is 0.132. The number of nitrogens with one attached hydrogen (secondary N) is 2. The van der Waals surface area contributed by atoms with Gasteiger partial charge in [-0.15, -0.1) is 0 Å². The van der Waals surface area contributed by atoms with Crippen LogP contribution in [0.3, 0.4) is 0 Å². The lowest BCUT2D eigenvalue weighted by Crippen LogP contribution is -2.24. The van der Waals surface area contributed by atoms with Crippen LogP contribution in [0.2, 0.25) is 0 Å². The summed E-state index contributed by atoms with van der Waals surface area (Å²) in [5.74, 6) is 0.492. The van der Waals surface area contributed by atoms with Crippen molar-refractivity contribution in [3.05, 3.63) is 54.0 Å². The van der Waals surface area contributed by atoms with Crippen LogP contribution in [-0.2, 0) is 6.54 Å². The molecular formula is C19H20N4O2. The Bertz CT molecular complexity index is 884. The molecular weight excluding hydrogens is 316 g/mol.